The summed E-state index contributed by atoms with van der Waals surface area (Å²) in [6.07, 6.45) is 4.39. The molecule has 0 atom stereocenters. The van der Waals surface area contributed by atoms with Crippen molar-refractivity contribution in [3.05, 3.63) is 261 Å². The maximum absolute atomic E-state index is 5.14. The number of nitrogens with zero attached hydrogens (tertiary/aromatic N) is 7. The topological polar surface area (TPSA) is 57.4 Å². The van der Waals surface area contributed by atoms with E-state index >= 15 is 0 Å². The summed E-state index contributed by atoms with van der Waals surface area (Å²) in [6.45, 7) is 0. The average molecular weight is 946 g/mol. The molecular weight excluding hydrogens is 903 g/mol. The summed E-state index contributed by atoms with van der Waals surface area (Å²) < 4.78 is 9.59. The largest absolute Gasteiger partial charge is 0.314 e. The van der Waals surface area contributed by atoms with Gasteiger partial charge in [-0.1, -0.05) is 176 Å². The lowest BCUT2D eigenvalue weighted by Gasteiger charge is -2.12. The molecule has 7 nitrogen and oxygen atoms in total. The van der Waals surface area contributed by atoms with Crippen LogP contribution in [0.25, 0.3) is 134 Å². The van der Waals surface area contributed by atoms with Crippen molar-refractivity contribution in [1.82, 2.24) is 32.9 Å². The second-order valence-corrected chi connectivity index (χ2v) is 18.8. The Morgan fingerprint density at radius 3 is 1.11 bits per heavy atom. The van der Waals surface area contributed by atoms with Gasteiger partial charge >= 0.3 is 0 Å². The monoisotopic (exact) mass is 945 g/mol. The van der Waals surface area contributed by atoms with E-state index in [2.05, 4.69) is 218 Å². The SMILES string of the molecule is c1ccc(-c2nc(-c3ccccc3)nc(-c3cccc(-n4c5ccc(-c6ccc7c(c6)c6c(-c8ccccc8)n8ccccc8c6n7-c6ccccc6)cc5c5c(-c6ccccc6)n6ccccc6c54)c3)n2)cc1. The van der Waals surface area contributed by atoms with E-state index in [1.807, 2.05) is 60.7 Å². The third-order valence-electron chi connectivity index (χ3n) is 14.6. The normalized spacial score (nSPS) is 11.8. The minimum atomic E-state index is 0.610. The molecule has 0 spiro atoms. The minimum absolute atomic E-state index is 0.610. The standard InChI is InChI=1S/C67H43N7/c1-6-21-44(22-7-1)61-59-53-42-48(35-37-55(53)73(51-30-14-5-15-31-51)63(59)57-33-16-18-39-71(57)61)49-36-38-56-54(43-49)60-62(45-23-8-2-9-24-45)72-40-19-17-34-58(72)64(60)74(56)52-32-20-29-50(41-52)67-69-65(46-25-10-3-11-26-46)68-66(70-67)47-27-12-4-13-28-47/h1-43H. The number of hydrogen-bond donors (Lipinski definition) is 0. The van der Waals surface area contributed by atoms with Crippen LogP contribution in [-0.4, -0.2) is 32.9 Å². The highest BCUT2D eigenvalue weighted by atomic mass is 15.1. The molecule has 0 aliphatic carbocycles. The smallest absolute Gasteiger partial charge is 0.164 e. The summed E-state index contributed by atoms with van der Waals surface area (Å²) in [4.78, 5) is 15.3. The van der Waals surface area contributed by atoms with Crippen molar-refractivity contribution in [2.24, 2.45) is 0 Å². The van der Waals surface area contributed by atoms with Crippen molar-refractivity contribution >= 4 is 54.6 Å². The summed E-state index contributed by atoms with van der Waals surface area (Å²) in [5.74, 6) is 1.87. The molecule has 0 aliphatic rings. The summed E-state index contributed by atoms with van der Waals surface area (Å²) >= 11 is 0. The highest BCUT2D eigenvalue weighted by Crippen LogP contribution is 2.47. The Balaban J connectivity index is 0.981. The lowest BCUT2D eigenvalue weighted by molar-refractivity contribution is 1.07. The van der Waals surface area contributed by atoms with Gasteiger partial charge in [-0.15, -0.1) is 0 Å². The number of fused-ring (bicyclic) bond motifs is 10. The van der Waals surface area contributed by atoms with Gasteiger partial charge < -0.3 is 17.9 Å². The second kappa shape index (κ2) is 16.8. The van der Waals surface area contributed by atoms with Gasteiger partial charge in [0.15, 0.2) is 17.5 Å². The number of hydrogen-bond acceptors (Lipinski definition) is 3. The fourth-order valence-electron chi connectivity index (χ4n) is 11.4. The predicted octanol–water partition coefficient (Wildman–Crippen LogP) is 16.6. The van der Waals surface area contributed by atoms with Crippen LogP contribution in [0.3, 0.4) is 0 Å². The van der Waals surface area contributed by atoms with Crippen LogP contribution in [0.15, 0.2) is 261 Å². The Labute approximate surface area is 425 Å². The zero-order valence-corrected chi connectivity index (χ0v) is 40.0. The van der Waals surface area contributed by atoms with E-state index in [0.29, 0.717) is 17.5 Å². The van der Waals surface area contributed by atoms with Crippen molar-refractivity contribution in [3.63, 3.8) is 0 Å². The fraction of sp³-hybridized carbons (Fsp3) is 0. The highest BCUT2D eigenvalue weighted by Gasteiger charge is 2.26. The zero-order valence-electron chi connectivity index (χ0n) is 40.0. The van der Waals surface area contributed by atoms with Gasteiger partial charge in [0.25, 0.3) is 0 Å². The van der Waals surface area contributed by atoms with Crippen molar-refractivity contribution in [2.45, 2.75) is 0 Å². The molecule has 7 aromatic heterocycles. The number of pyridine rings is 2. The molecule has 0 aliphatic heterocycles. The summed E-state index contributed by atoms with van der Waals surface area (Å²) in [5, 5.41) is 4.78. The molecule has 0 N–H and O–H groups in total. The molecule has 0 fully saturated rings. The molecular formula is C67H43N7. The van der Waals surface area contributed by atoms with Crippen molar-refractivity contribution in [1.29, 1.82) is 0 Å². The third kappa shape index (κ3) is 6.50. The van der Waals surface area contributed by atoms with Crippen LogP contribution in [0.2, 0.25) is 0 Å². The van der Waals surface area contributed by atoms with E-state index in [-0.39, 0.29) is 0 Å². The quantitative estimate of drug-likeness (QED) is 0.152. The first-order chi connectivity index (χ1) is 36.7. The summed E-state index contributed by atoms with van der Waals surface area (Å²) in [7, 11) is 0. The van der Waals surface area contributed by atoms with E-state index < -0.39 is 0 Å². The van der Waals surface area contributed by atoms with Crippen molar-refractivity contribution in [2.75, 3.05) is 0 Å². The molecule has 0 radical (unpaired) electrons. The molecule has 0 bridgehead atoms. The van der Waals surface area contributed by atoms with Crippen LogP contribution in [-0.2, 0) is 0 Å². The van der Waals surface area contributed by atoms with Gasteiger partial charge in [0.2, 0.25) is 0 Å². The minimum Gasteiger partial charge on any atom is -0.314 e. The van der Waals surface area contributed by atoms with Gasteiger partial charge in [-0.3, -0.25) is 0 Å². The first kappa shape index (κ1) is 41.7. The first-order valence-electron chi connectivity index (χ1n) is 25.0. The van der Waals surface area contributed by atoms with Gasteiger partial charge in [-0.05, 0) is 95.1 Å². The van der Waals surface area contributed by atoms with Gasteiger partial charge in [-0.2, -0.15) is 0 Å². The molecule has 346 valence electrons. The molecule has 15 rings (SSSR count). The van der Waals surface area contributed by atoms with Crippen LogP contribution in [0.4, 0.5) is 0 Å². The molecule has 15 aromatic rings. The predicted molar refractivity (Wildman–Crippen MR) is 303 cm³/mol. The maximum atomic E-state index is 5.14. The van der Waals surface area contributed by atoms with Gasteiger partial charge in [-0.25, -0.2) is 15.0 Å². The molecule has 0 amide bonds. The molecule has 0 unspecified atom stereocenters. The third-order valence-corrected chi connectivity index (χ3v) is 14.6. The maximum Gasteiger partial charge on any atom is 0.164 e. The molecule has 0 saturated heterocycles. The summed E-state index contributed by atoms with van der Waals surface area (Å²) in [6, 6.07) is 88.4. The van der Waals surface area contributed by atoms with E-state index in [1.54, 1.807) is 0 Å². The lowest BCUT2D eigenvalue weighted by atomic mass is 9.99. The fourth-order valence-corrected chi connectivity index (χ4v) is 11.4. The van der Waals surface area contributed by atoms with E-state index in [4.69, 9.17) is 15.0 Å². The lowest BCUT2D eigenvalue weighted by Crippen LogP contribution is -2.01. The van der Waals surface area contributed by atoms with Crippen LogP contribution >= 0.6 is 0 Å². The Kier molecular flexibility index (Phi) is 9.43. The Morgan fingerprint density at radius 2 is 0.635 bits per heavy atom. The average Bonchev–Trinajstić information content (AvgIpc) is 4.22. The van der Waals surface area contributed by atoms with Gasteiger partial charge in [0.05, 0.1) is 44.5 Å². The van der Waals surface area contributed by atoms with Crippen LogP contribution < -0.4 is 0 Å². The van der Waals surface area contributed by atoms with Crippen molar-refractivity contribution in [3.8, 4) is 79.2 Å². The van der Waals surface area contributed by atoms with E-state index in [1.165, 1.54) is 32.9 Å². The first-order valence-corrected chi connectivity index (χ1v) is 25.0. The second-order valence-electron chi connectivity index (χ2n) is 18.8. The summed E-state index contributed by atoms with van der Waals surface area (Å²) in [5.41, 5.74) is 18.7. The van der Waals surface area contributed by atoms with Crippen LogP contribution in [0, 0.1) is 0 Å². The van der Waals surface area contributed by atoms with Gasteiger partial charge in [0.1, 0.15) is 0 Å². The molecule has 74 heavy (non-hydrogen) atoms. The highest BCUT2D eigenvalue weighted by molar-refractivity contribution is 6.23. The van der Waals surface area contributed by atoms with E-state index in [9.17, 15) is 0 Å². The molecule has 8 aromatic carbocycles. The molecule has 7 heteroatoms. The number of aromatic nitrogens is 7. The van der Waals surface area contributed by atoms with Crippen LogP contribution in [0.5, 0.6) is 0 Å². The number of rotatable bonds is 8. The Hall–Kier alpha value is -10.1. The zero-order chi connectivity index (χ0) is 48.7. The van der Waals surface area contributed by atoms with Gasteiger partial charge in [0, 0.05) is 62.0 Å². The Morgan fingerprint density at radius 1 is 0.257 bits per heavy atom. The van der Waals surface area contributed by atoms with Crippen molar-refractivity contribution < 1.29 is 0 Å². The number of para-hydroxylation sites is 1. The molecule has 7 heterocycles. The van der Waals surface area contributed by atoms with Crippen LogP contribution in [0.1, 0.15) is 0 Å². The number of benzene rings is 8. The molecule has 0 saturated carbocycles. The van der Waals surface area contributed by atoms with E-state index in [0.717, 1.165) is 83.4 Å². The Bertz CT molecular complexity index is 4530.